The molecule has 22 heavy (non-hydrogen) atoms. The Morgan fingerprint density at radius 1 is 1.09 bits per heavy atom. The van der Waals surface area contributed by atoms with Crippen LogP contribution in [0.2, 0.25) is 0 Å². The Labute approximate surface area is 133 Å². The Kier molecular flexibility index (Phi) is 5.76. The zero-order valence-corrected chi connectivity index (χ0v) is 14.5. The van der Waals surface area contributed by atoms with Crippen molar-refractivity contribution >= 4 is 6.21 Å². The van der Waals surface area contributed by atoms with Crippen LogP contribution in [-0.2, 0) is 10.8 Å². The maximum Gasteiger partial charge on any atom is 0.128 e. The maximum atomic E-state index is 10.5. The second-order valence-corrected chi connectivity index (χ2v) is 7.79. The predicted molar refractivity (Wildman–Crippen MR) is 91.1 cm³/mol. The number of aliphatic hydroxyl groups is 2. The zero-order valence-electron chi connectivity index (χ0n) is 14.5. The number of nitrogens with zero attached hydrogens (tertiary/aromatic N) is 1. The number of aromatic hydroxyl groups is 1. The second kappa shape index (κ2) is 6.80. The van der Waals surface area contributed by atoms with Crippen molar-refractivity contribution in [2.24, 2.45) is 4.99 Å². The predicted octanol–water partition coefficient (Wildman–Crippen LogP) is 2.76. The first-order valence-electron chi connectivity index (χ1n) is 7.63. The van der Waals surface area contributed by atoms with Crippen molar-refractivity contribution in [1.29, 1.82) is 0 Å². The number of aliphatic hydroxyl groups excluding tert-OH is 2. The molecule has 0 unspecified atom stereocenters. The number of rotatable bonds is 4. The van der Waals surface area contributed by atoms with E-state index >= 15 is 0 Å². The van der Waals surface area contributed by atoms with Gasteiger partial charge in [0.2, 0.25) is 0 Å². The van der Waals surface area contributed by atoms with Gasteiger partial charge in [0.25, 0.3) is 0 Å². The van der Waals surface area contributed by atoms with Crippen LogP contribution in [0.15, 0.2) is 17.1 Å². The van der Waals surface area contributed by atoms with E-state index in [0.29, 0.717) is 5.56 Å². The first-order valence-corrected chi connectivity index (χ1v) is 7.63. The minimum Gasteiger partial charge on any atom is -0.507 e. The van der Waals surface area contributed by atoms with Crippen LogP contribution in [0.1, 0.15) is 58.2 Å². The van der Waals surface area contributed by atoms with E-state index in [1.54, 1.807) is 6.21 Å². The van der Waals surface area contributed by atoms with E-state index in [1.165, 1.54) is 0 Å². The van der Waals surface area contributed by atoms with Crippen LogP contribution in [0.3, 0.4) is 0 Å². The van der Waals surface area contributed by atoms with E-state index in [2.05, 4.69) is 52.6 Å². The van der Waals surface area contributed by atoms with E-state index in [-0.39, 0.29) is 29.7 Å². The number of benzene rings is 1. The minimum atomic E-state index is -0.869. The maximum absolute atomic E-state index is 10.5. The Morgan fingerprint density at radius 2 is 1.68 bits per heavy atom. The number of hydrogen-bond donors (Lipinski definition) is 3. The molecule has 1 rings (SSSR count). The van der Waals surface area contributed by atoms with Crippen molar-refractivity contribution in [3.8, 4) is 5.75 Å². The summed E-state index contributed by atoms with van der Waals surface area (Å²) in [5.74, 6) is 0.225. The molecule has 0 bridgehead atoms. The van der Waals surface area contributed by atoms with Crippen LogP contribution in [-0.4, -0.2) is 40.8 Å². The SMILES string of the molecule is CC(C)(C)c1cc(C=NC[C@H](O)CO)c(O)c(C(C)(C)C)c1. The molecule has 0 amide bonds. The Bertz CT molecular complexity index is 536. The Morgan fingerprint density at radius 3 is 2.14 bits per heavy atom. The summed E-state index contributed by atoms with van der Waals surface area (Å²) in [5, 5.41) is 28.7. The highest BCUT2D eigenvalue weighted by Crippen LogP contribution is 2.37. The molecule has 0 saturated carbocycles. The minimum absolute atomic E-state index is 0.0408. The number of phenols is 1. The summed E-state index contributed by atoms with van der Waals surface area (Å²) >= 11 is 0. The number of hydrogen-bond acceptors (Lipinski definition) is 4. The number of phenolic OH excluding ortho intramolecular Hbond substituents is 1. The fourth-order valence-corrected chi connectivity index (χ4v) is 2.09. The second-order valence-electron chi connectivity index (χ2n) is 7.79. The van der Waals surface area contributed by atoms with Gasteiger partial charge >= 0.3 is 0 Å². The molecule has 0 aliphatic carbocycles. The lowest BCUT2D eigenvalue weighted by atomic mass is 9.79. The fourth-order valence-electron chi connectivity index (χ4n) is 2.09. The Balaban J connectivity index is 3.31. The van der Waals surface area contributed by atoms with E-state index in [9.17, 15) is 10.2 Å². The lowest BCUT2D eigenvalue weighted by Gasteiger charge is -2.27. The third-order valence-electron chi connectivity index (χ3n) is 3.57. The lowest BCUT2D eigenvalue weighted by Crippen LogP contribution is -2.18. The van der Waals surface area contributed by atoms with Crippen LogP contribution < -0.4 is 0 Å². The van der Waals surface area contributed by atoms with Crippen LogP contribution in [0.5, 0.6) is 5.75 Å². The summed E-state index contributed by atoms with van der Waals surface area (Å²) in [7, 11) is 0. The van der Waals surface area contributed by atoms with Crippen molar-refractivity contribution in [2.45, 2.75) is 58.5 Å². The molecule has 0 saturated heterocycles. The summed E-state index contributed by atoms with van der Waals surface area (Å²) in [6.07, 6.45) is 0.699. The van der Waals surface area contributed by atoms with Gasteiger partial charge in [0, 0.05) is 17.3 Å². The standard InChI is InChI=1S/C18H29NO3/c1-17(2,3)13-7-12(9-19-10-14(21)11-20)16(22)15(8-13)18(4,5)6/h7-9,14,20-22H,10-11H2,1-6H3/t14-/m0/s1. The van der Waals surface area contributed by atoms with E-state index in [1.807, 2.05) is 6.07 Å². The van der Waals surface area contributed by atoms with Crippen molar-refractivity contribution in [3.05, 3.63) is 28.8 Å². The normalized spacial score (nSPS) is 14.5. The summed E-state index contributed by atoms with van der Waals surface area (Å²) in [6, 6.07) is 3.98. The monoisotopic (exact) mass is 307 g/mol. The highest BCUT2D eigenvalue weighted by molar-refractivity contribution is 5.85. The van der Waals surface area contributed by atoms with Gasteiger partial charge in [-0.05, 0) is 22.5 Å². The molecule has 3 N–H and O–H groups in total. The van der Waals surface area contributed by atoms with Crippen molar-refractivity contribution in [2.75, 3.05) is 13.2 Å². The molecule has 0 radical (unpaired) electrons. The van der Waals surface area contributed by atoms with Gasteiger partial charge in [-0.25, -0.2) is 0 Å². The molecule has 0 aromatic heterocycles. The molecule has 4 nitrogen and oxygen atoms in total. The lowest BCUT2D eigenvalue weighted by molar-refractivity contribution is 0.102. The van der Waals surface area contributed by atoms with Crippen LogP contribution in [0.25, 0.3) is 0 Å². The average molecular weight is 307 g/mol. The molecule has 1 aromatic carbocycles. The first-order chi connectivity index (χ1) is 9.96. The highest BCUT2D eigenvalue weighted by Gasteiger charge is 2.24. The van der Waals surface area contributed by atoms with E-state index in [0.717, 1.165) is 11.1 Å². The molecular weight excluding hydrogens is 278 g/mol. The van der Waals surface area contributed by atoms with Gasteiger partial charge in [0.15, 0.2) is 0 Å². The van der Waals surface area contributed by atoms with Crippen LogP contribution >= 0.6 is 0 Å². The van der Waals surface area contributed by atoms with Crippen LogP contribution in [0, 0.1) is 0 Å². The highest BCUT2D eigenvalue weighted by atomic mass is 16.3. The smallest absolute Gasteiger partial charge is 0.128 e. The van der Waals surface area contributed by atoms with E-state index < -0.39 is 6.10 Å². The molecule has 0 heterocycles. The van der Waals surface area contributed by atoms with Gasteiger partial charge in [-0.15, -0.1) is 0 Å². The van der Waals surface area contributed by atoms with Crippen molar-refractivity contribution in [3.63, 3.8) is 0 Å². The third-order valence-corrected chi connectivity index (χ3v) is 3.57. The first kappa shape index (κ1) is 18.7. The van der Waals surface area contributed by atoms with Crippen molar-refractivity contribution in [1.82, 2.24) is 0 Å². The average Bonchev–Trinajstić information content (AvgIpc) is 2.37. The van der Waals surface area contributed by atoms with Gasteiger partial charge in [-0.2, -0.15) is 0 Å². The molecule has 4 heteroatoms. The largest absolute Gasteiger partial charge is 0.507 e. The third kappa shape index (κ3) is 4.82. The zero-order chi connectivity index (χ0) is 17.1. The molecule has 0 fully saturated rings. The quantitative estimate of drug-likeness (QED) is 0.749. The summed E-state index contributed by atoms with van der Waals surface area (Å²) < 4.78 is 0. The van der Waals surface area contributed by atoms with Gasteiger partial charge in [-0.3, -0.25) is 4.99 Å². The fraction of sp³-hybridized carbons (Fsp3) is 0.611. The van der Waals surface area contributed by atoms with Gasteiger partial charge in [0.05, 0.1) is 19.3 Å². The van der Waals surface area contributed by atoms with Gasteiger partial charge in [-0.1, -0.05) is 47.6 Å². The van der Waals surface area contributed by atoms with Crippen LogP contribution in [0.4, 0.5) is 0 Å². The molecular formula is C18H29NO3. The molecule has 0 spiro atoms. The topological polar surface area (TPSA) is 73.1 Å². The molecule has 124 valence electrons. The molecule has 0 aliphatic rings. The van der Waals surface area contributed by atoms with Crippen molar-refractivity contribution < 1.29 is 15.3 Å². The summed E-state index contributed by atoms with van der Waals surface area (Å²) in [5.41, 5.74) is 2.42. The van der Waals surface area contributed by atoms with Gasteiger partial charge < -0.3 is 15.3 Å². The summed E-state index contributed by atoms with van der Waals surface area (Å²) in [6.45, 7) is 12.4. The molecule has 1 atom stereocenters. The Hall–Kier alpha value is -1.39. The summed E-state index contributed by atoms with van der Waals surface area (Å²) in [4.78, 5) is 4.12. The number of aliphatic imine (C=N–C) groups is 1. The van der Waals surface area contributed by atoms with Gasteiger partial charge in [0.1, 0.15) is 5.75 Å². The molecule has 1 aromatic rings. The van der Waals surface area contributed by atoms with E-state index in [4.69, 9.17) is 5.11 Å². The molecule has 0 aliphatic heterocycles.